The van der Waals surface area contributed by atoms with Crippen LogP contribution in [0.3, 0.4) is 0 Å². The monoisotopic (exact) mass is 322 g/mol. The highest BCUT2D eigenvalue weighted by Crippen LogP contribution is 2.32. The molecule has 0 aromatic carbocycles. The third-order valence-corrected chi connectivity index (χ3v) is 4.56. The van der Waals surface area contributed by atoms with Gasteiger partial charge in [-0.3, -0.25) is 0 Å². The first-order chi connectivity index (χ1) is 11.2. The van der Waals surface area contributed by atoms with Gasteiger partial charge in [-0.05, 0) is 38.0 Å². The van der Waals surface area contributed by atoms with Gasteiger partial charge >= 0.3 is 5.97 Å². The Kier molecular flexibility index (Phi) is 10.7. The van der Waals surface area contributed by atoms with Gasteiger partial charge in [0.05, 0.1) is 19.3 Å². The van der Waals surface area contributed by atoms with Gasteiger partial charge in [0.2, 0.25) is 0 Å². The van der Waals surface area contributed by atoms with E-state index >= 15 is 0 Å². The number of hydrogen-bond donors (Lipinski definition) is 0. The lowest BCUT2D eigenvalue weighted by atomic mass is 9.96. The fourth-order valence-electron chi connectivity index (χ4n) is 3.15. The van der Waals surface area contributed by atoms with Crippen LogP contribution in [-0.2, 0) is 14.3 Å². The third kappa shape index (κ3) is 8.95. The lowest BCUT2D eigenvalue weighted by Crippen LogP contribution is -2.14. The smallest absolute Gasteiger partial charge is 0.330 e. The van der Waals surface area contributed by atoms with Gasteiger partial charge in [0, 0.05) is 6.08 Å². The number of rotatable bonds is 11. The Bertz CT molecular complexity index is 373. The molecule has 3 atom stereocenters. The highest BCUT2D eigenvalue weighted by Gasteiger charge is 2.30. The molecule has 3 unspecified atom stereocenters. The number of esters is 1. The Labute approximate surface area is 142 Å². The molecule has 0 amide bonds. The Balaban J connectivity index is 2.08. The van der Waals surface area contributed by atoms with Gasteiger partial charge in [0.25, 0.3) is 0 Å². The fourth-order valence-corrected chi connectivity index (χ4v) is 3.15. The zero-order valence-corrected chi connectivity index (χ0v) is 15.1. The SMILES string of the molecule is CCCCCC1CC(C)C(CCCCC=CC=CC(=O)OC)O1. The summed E-state index contributed by atoms with van der Waals surface area (Å²) < 4.78 is 10.8. The van der Waals surface area contributed by atoms with Crippen LogP contribution in [-0.4, -0.2) is 25.3 Å². The molecule has 1 aliphatic heterocycles. The summed E-state index contributed by atoms with van der Waals surface area (Å²) in [6.45, 7) is 4.59. The average molecular weight is 322 g/mol. The Hall–Kier alpha value is -1.09. The molecule has 23 heavy (non-hydrogen) atoms. The molecule has 1 saturated heterocycles. The van der Waals surface area contributed by atoms with E-state index < -0.39 is 0 Å². The maximum atomic E-state index is 10.9. The summed E-state index contributed by atoms with van der Waals surface area (Å²) in [4.78, 5) is 10.9. The van der Waals surface area contributed by atoms with Crippen LogP contribution in [0.2, 0.25) is 0 Å². The first-order valence-electron chi connectivity index (χ1n) is 9.24. The minimum Gasteiger partial charge on any atom is -0.466 e. The summed E-state index contributed by atoms with van der Waals surface area (Å²) in [7, 11) is 1.39. The lowest BCUT2D eigenvalue weighted by molar-refractivity contribution is -0.134. The minimum absolute atomic E-state index is 0.310. The third-order valence-electron chi connectivity index (χ3n) is 4.56. The minimum atomic E-state index is -0.310. The molecule has 0 spiro atoms. The van der Waals surface area contributed by atoms with Crippen molar-refractivity contribution in [3.8, 4) is 0 Å². The second-order valence-electron chi connectivity index (χ2n) is 6.60. The summed E-state index contributed by atoms with van der Waals surface area (Å²) in [5, 5.41) is 0. The van der Waals surface area contributed by atoms with Crippen LogP contribution in [0, 0.1) is 5.92 Å². The summed E-state index contributed by atoms with van der Waals surface area (Å²) in [5.41, 5.74) is 0. The van der Waals surface area contributed by atoms with E-state index in [2.05, 4.69) is 24.7 Å². The molecule has 0 aliphatic carbocycles. The molecular weight excluding hydrogens is 288 g/mol. The second-order valence-corrected chi connectivity index (χ2v) is 6.60. The first kappa shape index (κ1) is 20.0. The zero-order valence-electron chi connectivity index (χ0n) is 15.1. The maximum absolute atomic E-state index is 10.9. The van der Waals surface area contributed by atoms with Gasteiger partial charge < -0.3 is 9.47 Å². The van der Waals surface area contributed by atoms with E-state index in [4.69, 9.17) is 4.74 Å². The van der Waals surface area contributed by atoms with Gasteiger partial charge in [0.1, 0.15) is 0 Å². The number of unbranched alkanes of at least 4 members (excludes halogenated alkanes) is 4. The molecule has 0 radical (unpaired) electrons. The highest BCUT2D eigenvalue weighted by molar-refractivity contribution is 5.82. The molecule has 0 bridgehead atoms. The molecule has 3 heteroatoms. The van der Waals surface area contributed by atoms with Crippen molar-refractivity contribution < 1.29 is 14.3 Å². The van der Waals surface area contributed by atoms with Crippen LogP contribution in [0.1, 0.15) is 71.6 Å². The van der Waals surface area contributed by atoms with Gasteiger partial charge in [-0.2, -0.15) is 0 Å². The van der Waals surface area contributed by atoms with E-state index in [9.17, 15) is 4.79 Å². The van der Waals surface area contributed by atoms with Crippen LogP contribution in [0.4, 0.5) is 0 Å². The molecule has 1 rings (SSSR count). The molecule has 1 heterocycles. The normalized spacial score (nSPS) is 24.7. The summed E-state index contributed by atoms with van der Waals surface area (Å²) in [6.07, 6.45) is 19.2. The number of carbonyl (C=O) groups excluding carboxylic acids is 1. The van der Waals surface area contributed by atoms with E-state index in [0.717, 1.165) is 6.42 Å². The molecular formula is C20H34O3. The van der Waals surface area contributed by atoms with Crippen molar-refractivity contribution >= 4 is 5.97 Å². The van der Waals surface area contributed by atoms with Crippen LogP contribution >= 0.6 is 0 Å². The Morgan fingerprint density at radius 3 is 2.70 bits per heavy atom. The van der Waals surface area contributed by atoms with Crippen LogP contribution in [0.5, 0.6) is 0 Å². The van der Waals surface area contributed by atoms with Crippen molar-refractivity contribution in [2.45, 2.75) is 83.8 Å². The summed E-state index contributed by atoms with van der Waals surface area (Å²) >= 11 is 0. The van der Waals surface area contributed by atoms with Crippen molar-refractivity contribution in [1.82, 2.24) is 0 Å². The van der Waals surface area contributed by atoms with E-state index in [-0.39, 0.29) is 5.97 Å². The lowest BCUT2D eigenvalue weighted by Gasteiger charge is -2.15. The van der Waals surface area contributed by atoms with E-state index in [1.807, 2.05) is 6.08 Å². The van der Waals surface area contributed by atoms with E-state index in [1.54, 1.807) is 6.08 Å². The number of hydrogen-bond acceptors (Lipinski definition) is 3. The average Bonchev–Trinajstić information content (AvgIpc) is 2.90. The fraction of sp³-hybridized carbons (Fsp3) is 0.750. The van der Waals surface area contributed by atoms with Crippen molar-refractivity contribution in [1.29, 1.82) is 0 Å². The van der Waals surface area contributed by atoms with Crippen LogP contribution < -0.4 is 0 Å². The van der Waals surface area contributed by atoms with Crippen molar-refractivity contribution in [2.24, 2.45) is 5.92 Å². The second kappa shape index (κ2) is 12.3. The van der Waals surface area contributed by atoms with Gasteiger partial charge in [-0.1, -0.05) is 57.8 Å². The van der Waals surface area contributed by atoms with Crippen LogP contribution in [0.15, 0.2) is 24.3 Å². The molecule has 132 valence electrons. The van der Waals surface area contributed by atoms with Crippen molar-refractivity contribution in [3.05, 3.63) is 24.3 Å². The van der Waals surface area contributed by atoms with Crippen LogP contribution in [0.25, 0.3) is 0 Å². The molecule has 1 fully saturated rings. The topological polar surface area (TPSA) is 35.5 Å². The Morgan fingerprint density at radius 1 is 1.17 bits per heavy atom. The van der Waals surface area contributed by atoms with Crippen molar-refractivity contribution in [2.75, 3.05) is 7.11 Å². The van der Waals surface area contributed by atoms with Crippen molar-refractivity contribution in [3.63, 3.8) is 0 Å². The number of carbonyl (C=O) groups is 1. The molecule has 0 N–H and O–H groups in total. The molecule has 0 aromatic rings. The zero-order chi connectivity index (χ0) is 16.9. The molecule has 1 aliphatic rings. The van der Waals surface area contributed by atoms with E-state index in [0.29, 0.717) is 18.1 Å². The molecule has 0 aromatic heterocycles. The standard InChI is InChI=1S/C20H34O3/c1-4-5-10-13-18-16-17(2)19(23-18)14-11-8-6-7-9-12-15-20(21)22-3/h7,9,12,15,17-19H,4-6,8,10-11,13-14,16H2,1-3H3. The van der Waals surface area contributed by atoms with Gasteiger partial charge in [0.15, 0.2) is 0 Å². The predicted molar refractivity (Wildman–Crippen MR) is 95.3 cm³/mol. The first-order valence-corrected chi connectivity index (χ1v) is 9.24. The quantitative estimate of drug-likeness (QED) is 0.227. The number of ether oxygens (including phenoxy) is 2. The number of methoxy groups -OCH3 is 1. The Morgan fingerprint density at radius 2 is 1.96 bits per heavy atom. The summed E-state index contributed by atoms with van der Waals surface area (Å²) in [5.74, 6) is 0.399. The largest absolute Gasteiger partial charge is 0.466 e. The van der Waals surface area contributed by atoms with E-state index in [1.165, 1.54) is 64.6 Å². The van der Waals surface area contributed by atoms with Gasteiger partial charge in [-0.15, -0.1) is 0 Å². The van der Waals surface area contributed by atoms with Gasteiger partial charge in [-0.25, -0.2) is 4.79 Å². The number of allylic oxidation sites excluding steroid dienone is 3. The highest BCUT2D eigenvalue weighted by atomic mass is 16.5. The molecule has 3 nitrogen and oxygen atoms in total. The maximum Gasteiger partial charge on any atom is 0.330 e. The summed E-state index contributed by atoms with van der Waals surface area (Å²) in [6, 6.07) is 0. The predicted octanol–water partition coefficient (Wildman–Crippen LogP) is 5.21. The molecule has 0 saturated carbocycles.